The number of rotatable bonds is 7. The molecule has 0 saturated carbocycles. The fraction of sp³-hybridized carbons (Fsp3) is 0.278. The van der Waals surface area contributed by atoms with Crippen molar-refractivity contribution in [1.29, 1.82) is 0 Å². The van der Waals surface area contributed by atoms with Crippen molar-refractivity contribution in [3.05, 3.63) is 53.5 Å². The molecule has 0 spiro atoms. The number of ether oxygens (including phenoxy) is 1. The Morgan fingerprint density at radius 2 is 2.04 bits per heavy atom. The summed E-state index contributed by atoms with van der Waals surface area (Å²) in [5.41, 5.74) is 8.83. The number of benzene rings is 1. The highest BCUT2D eigenvalue weighted by Crippen LogP contribution is 2.28. The second-order valence-electron chi connectivity index (χ2n) is 5.29. The lowest BCUT2D eigenvalue weighted by Gasteiger charge is -2.08. The molecule has 0 aliphatic heterocycles. The SMILES string of the molecule is CCCOc1ccc(-n2nc(CCN)cc2-c2cccs2)cc1. The molecule has 3 rings (SSSR count). The summed E-state index contributed by atoms with van der Waals surface area (Å²) in [6.07, 6.45) is 1.79. The molecule has 2 heterocycles. The van der Waals surface area contributed by atoms with Gasteiger partial charge in [-0.2, -0.15) is 5.10 Å². The van der Waals surface area contributed by atoms with Crippen LogP contribution in [0.2, 0.25) is 0 Å². The van der Waals surface area contributed by atoms with Crippen molar-refractivity contribution in [2.75, 3.05) is 13.2 Å². The van der Waals surface area contributed by atoms with E-state index in [4.69, 9.17) is 15.6 Å². The van der Waals surface area contributed by atoms with E-state index in [1.165, 1.54) is 4.88 Å². The second-order valence-corrected chi connectivity index (χ2v) is 6.24. The van der Waals surface area contributed by atoms with Gasteiger partial charge in [0, 0.05) is 6.42 Å². The van der Waals surface area contributed by atoms with E-state index in [0.29, 0.717) is 6.54 Å². The third-order valence-corrected chi connectivity index (χ3v) is 4.38. The average Bonchev–Trinajstić information content (AvgIpc) is 3.23. The van der Waals surface area contributed by atoms with Gasteiger partial charge in [-0.25, -0.2) is 4.68 Å². The average molecular weight is 327 g/mol. The molecule has 0 saturated heterocycles. The number of aromatic nitrogens is 2. The van der Waals surface area contributed by atoms with Crippen LogP contribution in [0.4, 0.5) is 0 Å². The predicted octanol–water partition coefficient (Wildman–Crippen LogP) is 3.89. The van der Waals surface area contributed by atoms with E-state index < -0.39 is 0 Å². The van der Waals surface area contributed by atoms with Gasteiger partial charge in [0.05, 0.1) is 28.6 Å². The first kappa shape index (κ1) is 15.8. The van der Waals surface area contributed by atoms with Gasteiger partial charge >= 0.3 is 0 Å². The van der Waals surface area contributed by atoms with E-state index in [9.17, 15) is 0 Å². The Bertz CT molecular complexity index is 732. The van der Waals surface area contributed by atoms with Crippen molar-refractivity contribution in [3.8, 4) is 22.0 Å². The van der Waals surface area contributed by atoms with Gasteiger partial charge in [0.2, 0.25) is 0 Å². The lowest BCUT2D eigenvalue weighted by Crippen LogP contribution is -2.04. The quantitative estimate of drug-likeness (QED) is 0.716. The summed E-state index contributed by atoms with van der Waals surface area (Å²) in [6.45, 7) is 3.44. The molecule has 4 nitrogen and oxygen atoms in total. The van der Waals surface area contributed by atoms with E-state index in [-0.39, 0.29) is 0 Å². The van der Waals surface area contributed by atoms with Gasteiger partial charge < -0.3 is 10.5 Å². The number of thiophene rings is 1. The monoisotopic (exact) mass is 327 g/mol. The lowest BCUT2D eigenvalue weighted by molar-refractivity contribution is 0.317. The molecule has 120 valence electrons. The van der Waals surface area contributed by atoms with Gasteiger partial charge in [-0.3, -0.25) is 0 Å². The van der Waals surface area contributed by atoms with Crippen LogP contribution in [0.5, 0.6) is 5.75 Å². The van der Waals surface area contributed by atoms with Crippen LogP contribution in [0.3, 0.4) is 0 Å². The Kier molecular flexibility index (Phi) is 5.10. The zero-order valence-electron chi connectivity index (χ0n) is 13.2. The van der Waals surface area contributed by atoms with Gasteiger partial charge in [-0.15, -0.1) is 11.3 Å². The van der Waals surface area contributed by atoms with E-state index in [2.05, 4.69) is 30.5 Å². The van der Waals surface area contributed by atoms with Crippen LogP contribution in [-0.4, -0.2) is 22.9 Å². The third-order valence-electron chi connectivity index (χ3n) is 3.49. The lowest BCUT2D eigenvalue weighted by atomic mass is 10.2. The van der Waals surface area contributed by atoms with E-state index in [1.54, 1.807) is 11.3 Å². The van der Waals surface area contributed by atoms with Crippen molar-refractivity contribution < 1.29 is 4.74 Å². The summed E-state index contributed by atoms with van der Waals surface area (Å²) >= 11 is 1.71. The first-order valence-electron chi connectivity index (χ1n) is 7.88. The first-order chi connectivity index (χ1) is 11.3. The van der Waals surface area contributed by atoms with Crippen LogP contribution >= 0.6 is 11.3 Å². The van der Waals surface area contributed by atoms with Crippen LogP contribution in [0, 0.1) is 0 Å². The maximum Gasteiger partial charge on any atom is 0.119 e. The Morgan fingerprint density at radius 1 is 1.22 bits per heavy atom. The highest BCUT2D eigenvalue weighted by molar-refractivity contribution is 7.13. The van der Waals surface area contributed by atoms with Crippen LogP contribution in [0.25, 0.3) is 16.3 Å². The molecule has 0 amide bonds. The maximum atomic E-state index is 5.68. The third kappa shape index (κ3) is 3.63. The Labute approximate surface area is 140 Å². The number of hydrogen-bond acceptors (Lipinski definition) is 4. The Hall–Kier alpha value is -2.11. The van der Waals surface area contributed by atoms with Crippen molar-refractivity contribution in [1.82, 2.24) is 9.78 Å². The fourth-order valence-corrected chi connectivity index (χ4v) is 3.13. The minimum atomic E-state index is 0.602. The normalized spacial score (nSPS) is 10.9. The molecule has 2 aromatic heterocycles. The molecule has 0 unspecified atom stereocenters. The van der Waals surface area contributed by atoms with Crippen LogP contribution in [-0.2, 0) is 6.42 Å². The molecule has 3 aromatic rings. The van der Waals surface area contributed by atoms with E-state index in [1.807, 2.05) is 28.9 Å². The topological polar surface area (TPSA) is 53.1 Å². The van der Waals surface area contributed by atoms with Gasteiger partial charge in [0.1, 0.15) is 5.75 Å². The molecule has 0 fully saturated rings. The summed E-state index contributed by atoms with van der Waals surface area (Å²) in [7, 11) is 0. The second kappa shape index (κ2) is 7.44. The van der Waals surface area contributed by atoms with Gasteiger partial charge in [-0.05, 0) is 54.7 Å². The summed E-state index contributed by atoms with van der Waals surface area (Å²) in [5.74, 6) is 0.891. The van der Waals surface area contributed by atoms with Crippen LogP contribution in [0.1, 0.15) is 19.0 Å². The highest BCUT2D eigenvalue weighted by atomic mass is 32.1. The highest BCUT2D eigenvalue weighted by Gasteiger charge is 2.12. The maximum absolute atomic E-state index is 5.68. The molecule has 0 atom stereocenters. The molecule has 0 aliphatic rings. The van der Waals surface area contributed by atoms with Gasteiger partial charge in [0.15, 0.2) is 0 Å². The smallest absolute Gasteiger partial charge is 0.119 e. The Morgan fingerprint density at radius 3 is 2.70 bits per heavy atom. The van der Waals surface area contributed by atoms with Crippen molar-refractivity contribution in [3.63, 3.8) is 0 Å². The fourth-order valence-electron chi connectivity index (χ4n) is 2.40. The molecule has 0 bridgehead atoms. The van der Waals surface area contributed by atoms with Gasteiger partial charge in [-0.1, -0.05) is 13.0 Å². The zero-order valence-corrected chi connectivity index (χ0v) is 14.1. The van der Waals surface area contributed by atoms with Gasteiger partial charge in [0.25, 0.3) is 0 Å². The molecular weight excluding hydrogens is 306 g/mol. The predicted molar refractivity (Wildman–Crippen MR) is 95.4 cm³/mol. The van der Waals surface area contributed by atoms with Crippen LogP contribution < -0.4 is 10.5 Å². The van der Waals surface area contributed by atoms with Crippen molar-refractivity contribution in [2.45, 2.75) is 19.8 Å². The summed E-state index contributed by atoms with van der Waals surface area (Å²) in [6, 6.07) is 14.4. The minimum absolute atomic E-state index is 0.602. The molecule has 1 aromatic carbocycles. The van der Waals surface area contributed by atoms with Crippen LogP contribution in [0.15, 0.2) is 47.8 Å². The number of nitrogens with zero attached hydrogens (tertiary/aromatic N) is 2. The standard InChI is InChI=1S/C18H21N3OS/c1-2-11-22-16-7-5-15(6-8-16)21-17(18-4-3-12-23-18)13-14(20-21)9-10-19/h3-8,12-13H,2,9-11,19H2,1H3. The van der Waals surface area contributed by atoms with Crippen molar-refractivity contribution in [2.24, 2.45) is 5.73 Å². The molecule has 2 N–H and O–H groups in total. The largest absolute Gasteiger partial charge is 0.494 e. The molecular formula is C18H21N3OS. The van der Waals surface area contributed by atoms with Crippen molar-refractivity contribution >= 4 is 11.3 Å². The van der Waals surface area contributed by atoms with E-state index in [0.717, 1.165) is 42.3 Å². The molecule has 5 heteroatoms. The number of hydrogen-bond donors (Lipinski definition) is 1. The summed E-state index contributed by atoms with van der Waals surface area (Å²) < 4.78 is 7.63. The van der Waals surface area contributed by atoms with E-state index >= 15 is 0 Å². The Balaban J connectivity index is 1.94. The molecule has 23 heavy (non-hydrogen) atoms. The minimum Gasteiger partial charge on any atom is -0.494 e. The number of nitrogens with two attached hydrogens (primary N) is 1. The first-order valence-corrected chi connectivity index (χ1v) is 8.76. The summed E-state index contributed by atoms with van der Waals surface area (Å²) in [5, 5.41) is 6.80. The molecule has 0 radical (unpaired) electrons. The zero-order chi connectivity index (χ0) is 16.1. The summed E-state index contributed by atoms with van der Waals surface area (Å²) in [4.78, 5) is 1.20. The molecule has 0 aliphatic carbocycles.